The molecule has 0 aliphatic carbocycles. The second kappa shape index (κ2) is 9.11. The molecular weight excluding hydrogens is 296 g/mol. The smallest absolute Gasteiger partial charge is 0.251 e. The molecule has 0 aromatic heterocycles. The monoisotopic (exact) mass is 324 g/mol. The maximum atomic E-state index is 12.2. The minimum Gasteiger partial charge on any atom is -0.381 e. The molecule has 24 heavy (non-hydrogen) atoms. The summed E-state index contributed by atoms with van der Waals surface area (Å²) in [4.78, 5) is 12.2. The van der Waals surface area contributed by atoms with Gasteiger partial charge in [0.05, 0.1) is 0 Å². The summed E-state index contributed by atoms with van der Waals surface area (Å²) < 4.78 is 0. The molecule has 128 valence electrons. The highest BCUT2D eigenvalue weighted by Gasteiger charge is 2.06. The first-order valence-electron chi connectivity index (χ1n) is 8.79. The minimum absolute atomic E-state index is 0.00598. The predicted octanol–water partition coefficient (Wildman–Crippen LogP) is 4.64. The third-order valence-corrected chi connectivity index (χ3v) is 4.08. The van der Waals surface area contributed by atoms with Crippen LogP contribution in [0.2, 0.25) is 0 Å². The summed E-state index contributed by atoms with van der Waals surface area (Å²) in [6.07, 6.45) is 2.00. The van der Waals surface area contributed by atoms with E-state index < -0.39 is 0 Å². The molecule has 0 unspecified atom stereocenters. The Hall–Kier alpha value is -2.29. The van der Waals surface area contributed by atoms with Crippen LogP contribution >= 0.6 is 0 Å². The van der Waals surface area contributed by atoms with E-state index in [1.807, 2.05) is 30.3 Å². The lowest BCUT2D eigenvalue weighted by Gasteiger charge is -2.12. The maximum absolute atomic E-state index is 12.2. The highest BCUT2D eigenvalue weighted by molar-refractivity contribution is 5.94. The van der Waals surface area contributed by atoms with Gasteiger partial charge in [0.15, 0.2) is 0 Å². The topological polar surface area (TPSA) is 41.1 Å². The molecule has 2 rings (SSSR count). The van der Waals surface area contributed by atoms with Gasteiger partial charge in [-0.05, 0) is 48.1 Å². The van der Waals surface area contributed by atoms with E-state index in [9.17, 15) is 4.79 Å². The summed E-state index contributed by atoms with van der Waals surface area (Å²) in [6.45, 7) is 7.91. The molecule has 0 saturated carbocycles. The third kappa shape index (κ3) is 5.41. The zero-order chi connectivity index (χ0) is 17.4. The first kappa shape index (κ1) is 18.1. The van der Waals surface area contributed by atoms with Crippen molar-refractivity contribution in [2.24, 2.45) is 5.92 Å². The van der Waals surface area contributed by atoms with E-state index in [4.69, 9.17) is 0 Å². The molecule has 0 bridgehead atoms. The average Bonchev–Trinajstić information content (AvgIpc) is 2.60. The summed E-state index contributed by atoms with van der Waals surface area (Å²) in [7, 11) is 0. The van der Waals surface area contributed by atoms with Crippen LogP contribution in [0.25, 0.3) is 0 Å². The average molecular weight is 324 g/mol. The normalized spacial score (nSPS) is 10.7. The number of amides is 1. The van der Waals surface area contributed by atoms with Crippen LogP contribution in [-0.4, -0.2) is 12.5 Å². The number of nitrogens with one attached hydrogen (secondary N) is 2. The van der Waals surface area contributed by atoms with Gasteiger partial charge in [-0.1, -0.05) is 51.1 Å². The molecule has 2 aromatic rings. The first-order chi connectivity index (χ1) is 11.6. The van der Waals surface area contributed by atoms with E-state index in [-0.39, 0.29) is 5.91 Å². The van der Waals surface area contributed by atoms with Crippen molar-refractivity contribution < 1.29 is 4.79 Å². The van der Waals surface area contributed by atoms with E-state index in [2.05, 4.69) is 49.6 Å². The van der Waals surface area contributed by atoms with Crippen molar-refractivity contribution in [3.63, 3.8) is 0 Å². The van der Waals surface area contributed by atoms with Gasteiger partial charge in [0, 0.05) is 24.3 Å². The predicted molar refractivity (Wildman–Crippen MR) is 101 cm³/mol. The molecule has 0 heterocycles. The molecule has 0 atom stereocenters. The Morgan fingerprint density at radius 3 is 2.62 bits per heavy atom. The number of para-hydroxylation sites is 1. The lowest BCUT2D eigenvalue weighted by molar-refractivity contribution is 0.0952. The summed E-state index contributed by atoms with van der Waals surface area (Å²) in [6, 6.07) is 16.2. The molecular formula is C21H28N2O. The standard InChI is InChI=1S/C21H28N2O/c1-4-18-9-5-6-11-20(18)23-15-17-8-7-10-19(14-17)21(24)22-13-12-16(2)3/h5-11,14,16,23H,4,12-13,15H2,1-3H3,(H,22,24). The number of hydrogen-bond donors (Lipinski definition) is 2. The van der Waals surface area contributed by atoms with Crippen LogP contribution in [0.5, 0.6) is 0 Å². The molecule has 3 nitrogen and oxygen atoms in total. The van der Waals surface area contributed by atoms with Crippen molar-refractivity contribution in [3.05, 3.63) is 65.2 Å². The number of carbonyl (C=O) groups excluding carboxylic acids is 1. The van der Waals surface area contributed by atoms with Crippen LogP contribution in [0.1, 0.15) is 48.7 Å². The van der Waals surface area contributed by atoms with E-state index in [0.29, 0.717) is 12.5 Å². The lowest BCUT2D eigenvalue weighted by Crippen LogP contribution is -2.25. The molecule has 0 fully saturated rings. The number of anilines is 1. The van der Waals surface area contributed by atoms with E-state index >= 15 is 0 Å². The first-order valence-corrected chi connectivity index (χ1v) is 8.79. The van der Waals surface area contributed by atoms with Gasteiger partial charge in [0.25, 0.3) is 5.91 Å². The Balaban J connectivity index is 1.96. The van der Waals surface area contributed by atoms with Gasteiger partial charge >= 0.3 is 0 Å². The fourth-order valence-corrected chi connectivity index (χ4v) is 2.60. The van der Waals surface area contributed by atoms with Crippen molar-refractivity contribution in [1.29, 1.82) is 0 Å². The summed E-state index contributed by atoms with van der Waals surface area (Å²) in [5.74, 6) is 0.603. The molecule has 1 amide bonds. The third-order valence-electron chi connectivity index (χ3n) is 4.08. The van der Waals surface area contributed by atoms with Crippen molar-refractivity contribution in [2.75, 3.05) is 11.9 Å². The van der Waals surface area contributed by atoms with Crippen molar-refractivity contribution in [3.8, 4) is 0 Å². The van der Waals surface area contributed by atoms with Gasteiger partial charge in [0.2, 0.25) is 0 Å². The molecule has 2 N–H and O–H groups in total. The Kier molecular flexibility index (Phi) is 6.86. The van der Waals surface area contributed by atoms with Crippen LogP contribution < -0.4 is 10.6 Å². The van der Waals surface area contributed by atoms with Gasteiger partial charge in [-0.3, -0.25) is 4.79 Å². The van der Waals surface area contributed by atoms with Crippen LogP contribution in [0.4, 0.5) is 5.69 Å². The van der Waals surface area contributed by atoms with Gasteiger partial charge in [0.1, 0.15) is 0 Å². The van der Waals surface area contributed by atoms with Crippen LogP contribution in [0.15, 0.2) is 48.5 Å². The van der Waals surface area contributed by atoms with Gasteiger partial charge in [-0.25, -0.2) is 0 Å². The fourth-order valence-electron chi connectivity index (χ4n) is 2.60. The molecule has 0 aliphatic heterocycles. The lowest BCUT2D eigenvalue weighted by atomic mass is 10.1. The molecule has 0 spiro atoms. The highest BCUT2D eigenvalue weighted by Crippen LogP contribution is 2.17. The summed E-state index contributed by atoms with van der Waals surface area (Å²) in [5, 5.41) is 6.46. The zero-order valence-corrected chi connectivity index (χ0v) is 14.9. The Labute approximate surface area is 145 Å². The Bertz CT molecular complexity index is 664. The molecule has 2 aromatic carbocycles. The second-order valence-corrected chi connectivity index (χ2v) is 6.50. The van der Waals surface area contributed by atoms with Gasteiger partial charge in [-0.15, -0.1) is 0 Å². The van der Waals surface area contributed by atoms with Gasteiger partial charge < -0.3 is 10.6 Å². The summed E-state index contributed by atoms with van der Waals surface area (Å²) in [5.41, 5.74) is 4.30. The Morgan fingerprint density at radius 1 is 1.08 bits per heavy atom. The quantitative estimate of drug-likeness (QED) is 0.743. The van der Waals surface area contributed by atoms with E-state index in [1.54, 1.807) is 0 Å². The summed E-state index contributed by atoms with van der Waals surface area (Å²) >= 11 is 0. The molecule has 0 aliphatic rings. The van der Waals surface area contributed by atoms with Crippen molar-refractivity contribution in [1.82, 2.24) is 5.32 Å². The highest BCUT2D eigenvalue weighted by atomic mass is 16.1. The number of benzene rings is 2. The largest absolute Gasteiger partial charge is 0.381 e. The Morgan fingerprint density at radius 2 is 1.88 bits per heavy atom. The number of aryl methyl sites for hydroxylation is 1. The van der Waals surface area contributed by atoms with E-state index in [1.165, 1.54) is 5.56 Å². The maximum Gasteiger partial charge on any atom is 0.251 e. The van der Waals surface area contributed by atoms with E-state index in [0.717, 1.165) is 36.2 Å². The van der Waals surface area contributed by atoms with Crippen molar-refractivity contribution in [2.45, 2.75) is 40.2 Å². The molecule has 0 saturated heterocycles. The number of hydrogen-bond acceptors (Lipinski definition) is 2. The number of rotatable bonds is 8. The SMILES string of the molecule is CCc1ccccc1NCc1cccc(C(=O)NCCC(C)C)c1. The minimum atomic E-state index is 0.00598. The van der Waals surface area contributed by atoms with Gasteiger partial charge in [-0.2, -0.15) is 0 Å². The van der Waals surface area contributed by atoms with Crippen LogP contribution in [-0.2, 0) is 13.0 Å². The van der Waals surface area contributed by atoms with Crippen LogP contribution in [0, 0.1) is 5.92 Å². The second-order valence-electron chi connectivity index (χ2n) is 6.50. The fraction of sp³-hybridized carbons (Fsp3) is 0.381. The van der Waals surface area contributed by atoms with Crippen molar-refractivity contribution >= 4 is 11.6 Å². The van der Waals surface area contributed by atoms with Crippen LogP contribution in [0.3, 0.4) is 0 Å². The molecule has 0 radical (unpaired) electrons. The molecule has 3 heteroatoms. The zero-order valence-electron chi connectivity index (χ0n) is 14.9. The number of carbonyl (C=O) groups is 1.